The highest BCUT2D eigenvalue weighted by atomic mass is 16.4. The van der Waals surface area contributed by atoms with Crippen LogP contribution in [0.15, 0.2) is 23.2 Å². The van der Waals surface area contributed by atoms with Gasteiger partial charge < -0.3 is 5.11 Å². The van der Waals surface area contributed by atoms with Crippen molar-refractivity contribution in [3.63, 3.8) is 0 Å². The van der Waals surface area contributed by atoms with Gasteiger partial charge in [-0.05, 0) is 30.2 Å². The summed E-state index contributed by atoms with van der Waals surface area (Å²) in [7, 11) is 0. The second-order valence-electron chi connectivity index (χ2n) is 2.88. The Kier molecular flexibility index (Phi) is 3.15. The lowest BCUT2D eigenvalue weighted by Crippen LogP contribution is -2.01. The predicted octanol–water partition coefficient (Wildman–Crippen LogP) is 1.59. The highest BCUT2D eigenvalue weighted by Crippen LogP contribution is 2.17. The van der Waals surface area contributed by atoms with Gasteiger partial charge in [-0.15, -0.1) is 0 Å². The van der Waals surface area contributed by atoms with E-state index in [1.807, 2.05) is 0 Å². The lowest BCUT2D eigenvalue weighted by Gasteiger charge is -2.02. The van der Waals surface area contributed by atoms with E-state index in [1.165, 1.54) is 6.08 Å². The molecule has 0 atom stereocenters. The topological polar surface area (TPSA) is 66.7 Å². The van der Waals surface area contributed by atoms with E-state index < -0.39 is 5.97 Å². The SMILES string of the molecule is Cc1cc(N=C=O)ccc1CC(=O)O. The van der Waals surface area contributed by atoms with Crippen molar-refractivity contribution >= 4 is 17.7 Å². The average Bonchev–Trinajstić information content (AvgIpc) is 2.10. The van der Waals surface area contributed by atoms with E-state index in [9.17, 15) is 9.59 Å². The van der Waals surface area contributed by atoms with Gasteiger partial charge in [-0.1, -0.05) is 6.07 Å². The van der Waals surface area contributed by atoms with Gasteiger partial charge in [-0.2, -0.15) is 4.99 Å². The Morgan fingerprint density at radius 3 is 2.79 bits per heavy atom. The molecule has 0 aliphatic heterocycles. The van der Waals surface area contributed by atoms with Crippen LogP contribution in [0.3, 0.4) is 0 Å². The van der Waals surface area contributed by atoms with Gasteiger partial charge in [0.1, 0.15) is 0 Å². The van der Waals surface area contributed by atoms with Crippen molar-refractivity contribution < 1.29 is 14.7 Å². The van der Waals surface area contributed by atoms with Crippen LogP contribution in [0, 0.1) is 6.92 Å². The summed E-state index contributed by atoms with van der Waals surface area (Å²) in [5, 5.41) is 8.58. The van der Waals surface area contributed by atoms with Crippen LogP contribution in [0.5, 0.6) is 0 Å². The van der Waals surface area contributed by atoms with Crippen molar-refractivity contribution in [1.29, 1.82) is 0 Å². The molecular weight excluding hydrogens is 182 g/mol. The minimum Gasteiger partial charge on any atom is -0.481 e. The van der Waals surface area contributed by atoms with Crippen LogP contribution < -0.4 is 0 Å². The molecule has 1 aromatic rings. The van der Waals surface area contributed by atoms with Gasteiger partial charge in [0.05, 0.1) is 12.1 Å². The molecule has 0 radical (unpaired) electrons. The number of hydrogen-bond donors (Lipinski definition) is 1. The van der Waals surface area contributed by atoms with Gasteiger partial charge in [-0.25, -0.2) is 4.79 Å². The van der Waals surface area contributed by atoms with Crippen LogP contribution in [0.1, 0.15) is 11.1 Å². The van der Waals surface area contributed by atoms with Crippen LogP contribution in [-0.4, -0.2) is 17.2 Å². The number of carboxylic acid groups (broad SMARTS) is 1. The van der Waals surface area contributed by atoms with E-state index >= 15 is 0 Å². The third-order valence-corrected chi connectivity index (χ3v) is 1.84. The molecule has 0 aliphatic rings. The van der Waals surface area contributed by atoms with Gasteiger partial charge in [0.15, 0.2) is 0 Å². The van der Waals surface area contributed by atoms with Crippen molar-refractivity contribution in [2.45, 2.75) is 13.3 Å². The molecule has 0 amide bonds. The normalized spacial score (nSPS) is 9.21. The minimum absolute atomic E-state index is 0.0169. The second-order valence-corrected chi connectivity index (χ2v) is 2.88. The smallest absolute Gasteiger partial charge is 0.307 e. The maximum Gasteiger partial charge on any atom is 0.307 e. The summed E-state index contributed by atoms with van der Waals surface area (Å²) in [6.07, 6.45) is 1.41. The van der Waals surface area contributed by atoms with Gasteiger partial charge in [0.25, 0.3) is 0 Å². The Bertz CT molecular complexity index is 406. The summed E-state index contributed by atoms with van der Waals surface area (Å²) < 4.78 is 0. The molecule has 0 bridgehead atoms. The zero-order chi connectivity index (χ0) is 10.6. The maximum atomic E-state index is 10.4. The third kappa shape index (κ3) is 2.54. The lowest BCUT2D eigenvalue weighted by atomic mass is 10.1. The number of nitrogens with zero attached hydrogens (tertiary/aromatic N) is 1. The molecule has 0 heterocycles. The fraction of sp³-hybridized carbons (Fsp3) is 0.200. The van der Waals surface area contributed by atoms with Crippen LogP contribution in [0.4, 0.5) is 5.69 Å². The van der Waals surface area contributed by atoms with E-state index in [4.69, 9.17) is 5.11 Å². The molecule has 0 spiro atoms. The molecule has 0 aliphatic carbocycles. The van der Waals surface area contributed by atoms with E-state index in [1.54, 1.807) is 25.1 Å². The molecular formula is C10H9NO3. The lowest BCUT2D eigenvalue weighted by molar-refractivity contribution is -0.136. The third-order valence-electron chi connectivity index (χ3n) is 1.84. The van der Waals surface area contributed by atoms with Gasteiger partial charge >= 0.3 is 5.97 Å². The number of benzene rings is 1. The minimum atomic E-state index is -0.875. The summed E-state index contributed by atoms with van der Waals surface area (Å²) in [5.41, 5.74) is 2.03. The van der Waals surface area contributed by atoms with E-state index in [0.29, 0.717) is 5.69 Å². The zero-order valence-corrected chi connectivity index (χ0v) is 7.65. The zero-order valence-electron chi connectivity index (χ0n) is 7.65. The van der Waals surface area contributed by atoms with E-state index in [-0.39, 0.29) is 6.42 Å². The first kappa shape index (κ1) is 10.2. The summed E-state index contributed by atoms with van der Waals surface area (Å²) in [6.45, 7) is 1.78. The van der Waals surface area contributed by atoms with Crippen molar-refractivity contribution in [2.24, 2.45) is 4.99 Å². The summed E-state index contributed by atoms with van der Waals surface area (Å²) in [6, 6.07) is 4.90. The molecule has 0 saturated heterocycles. The average molecular weight is 191 g/mol. The largest absolute Gasteiger partial charge is 0.481 e. The molecule has 0 fully saturated rings. The molecule has 1 rings (SSSR count). The van der Waals surface area contributed by atoms with Crippen molar-refractivity contribution in [2.75, 3.05) is 0 Å². The van der Waals surface area contributed by atoms with Gasteiger partial charge in [0.2, 0.25) is 6.08 Å². The molecule has 0 aromatic heterocycles. The first-order valence-electron chi connectivity index (χ1n) is 4.02. The van der Waals surface area contributed by atoms with Gasteiger partial charge in [-0.3, -0.25) is 4.79 Å². The Morgan fingerprint density at radius 1 is 1.57 bits per heavy atom. The van der Waals surface area contributed by atoms with Crippen LogP contribution >= 0.6 is 0 Å². The number of isocyanates is 1. The Balaban J connectivity index is 3.00. The highest BCUT2D eigenvalue weighted by molar-refractivity contribution is 5.71. The number of rotatable bonds is 3. The van der Waals surface area contributed by atoms with Crippen LogP contribution in [0.25, 0.3) is 0 Å². The molecule has 1 N–H and O–H groups in total. The van der Waals surface area contributed by atoms with Crippen LogP contribution in [0.2, 0.25) is 0 Å². The molecule has 0 saturated carbocycles. The highest BCUT2D eigenvalue weighted by Gasteiger charge is 2.04. The number of carboxylic acids is 1. The van der Waals surface area contributed by atoms with Gasteiger partial charge in [0, 0.05) is 0 Å². The predicted molar refractivity (Wildman–Crippen MR) is 50.3 cm³/mol. The first-order valence-corrected chi connectivity index (χ1v) is 4.02. The standard InChI is InChI=1S/C10H9NO3/c1-7-4-9(11-6-12)3-2-8(7)5-10(13)14/h2-4H,5H2,1H3,(H,13,14). The Morgan fingerprint density at radius 2 is 2.29 bits per heavy atom. The number of carbonyl (C=O) groups is 1. The molecule has 1 aromatic carbocycles. The number of aryl methyl sites for hydroxylation is 1. The molecule has 4 heteroatoms. The Labute approximate surface area is 80.9 Å². The first-order chi connectivity index (χ1) is 6.63. The summed E-state index contributed by atoms with van der Waals surface area (Å²) in [5.74, 6) is -0.875. The summed E-state index contributed by atoms with van der Waals surface area (Å²) in [4.78, 5) is 23.8. The molecule has 4 nitrogen and oxygen atoms in total. The number of aliphatic carboxylic acids is 1. The monoisotopic (exact) mass is 191 g/mol. The van der Waals surface area contributed by atoms with E-state index in [2.05, 4.69) is 4.99 Å². The van der Waals surface area contributed by atoms with Crippen molar-refractivity contribution in [3.05, 3.63) is 29.3 Å². The van der Waals surface area contributed by atoms with E-state index in [0.717, 1.165) is 11.1 Å². The number of aliphatic imine (C=N–C) groups is 1. The Hall–Kier alpha value is -1.93. The maximum absolute atomic E-state index is 10.4. The van der Waals surface area contributed by atoms with Crippen LogP contribution in [-0.2, 0) is 16.0 Å². The fourth-order valence-electron chi connectivity index (χ4n) is 1.16. The quantitative estimate of drug-likeness (QED) is 0.582. The summed E-state index contributed by atoms with van der Waals surface area (Å²) >= 11 is 0. The number of hydrogen-bond acceptors (Lipinski definition) is 3. The molecule has 0 unspecified atom stereocenters. The van der Waals surface area contributed by atoms with Crippen molar-refractivity contribution in [3.8, 4) is 0 Å². The fourth-order valence-corrected chi connectivity index (χ4v) is 1.16. The molecule has 14 heavy (non-hydrogen) atoms. The number of carbonyl (C=O) groups excluding carboxylic acids is 1. The second kappa shape index (κ2) is 4.35. The van der Waals surface area contributed by atoms with Crippen molar-refractivity contribution in [1.82, 2.24) is 0 Å². The molecule has 72 valence electrons.